The van der Waals surface area contributed by atoms with Gasteiger partial charge in [0.25, 0.3) is 0 Å². The number of carbonyl (C=O) groups is 2. The van der Waals surface area contributed by atoms with Crippen molar-refractivity contribution in [1.82, 2.24) is 0 Å². The third kappa shape index (κ3) is 4.16. The second kappa shape index (κ2) is 8.31. The van der Waals surface area contributed by atoms with Crippen molar-refractivity contribution in [2.75, 3.05) is 17.8 Å². The summed E-state index contributed by atoms with van der Waals surface area (Å²) in [6, 6.07) is 8.05. The van der Waals surface area contributed by atoms with E-state index >= 15 is 0 Å². The Morgan fingerprint density at radius 1 is 1.25 bits per heavy atom. The summed E-state index contributed by atoms with van der Waals surface area (Å²) >= 11 is 6.83. The maximum Gasteiger partial charge on any atom is 0.341 e. The predicted molar refractivity (Wildman–Crippen MR) is 99.2 cm³/mol. The molecule has 1 heterocycles. The van der Waals surface area contributed by atoms with Gasteiger partial charge in [0.2, 0.25) is 5.91 Å². The molecule has 2 aromatic rings. The fourth-order valence-corrected chi connectivity index (χ4v) is 3.32. The molecule has 0 aliphatic heterocycles. The van der Waals surface area contributed by atoms with Crippen molar-refractivity contribution < 1.29 is 14.3 Å². The fourth-order valence-electron chi connectivity index (χ4n) is 2.28. The van der Waals surface area contributed by atoms with Gasteiger partial charge in [-0.3, -0.25) is 4.79 Å². The number of rotatable bonds is 6. The Hall–Kier alpha value is -1.85. The lowest BCUT2D eigenvalue weighted by Crippen LogP contribution is -2.15. The lowest BCUT2D eigenvalue weighted by atomic mass is 9.98. The first-order valence-corrected chi connectivity index (χ1v) is 9.14. The molecule has 0 saturated heterocycles. The number of halogens is 1. The van der Waals surface area contributed by atoms with Gasteiger partial charge >= 0.3 is 5.97 Å². The lowest BCUT2D eigenvalue weighted by molar-refractivity contribution is -0.113. The Labute approximate surface area is 150 Å². The number of carbonyl (C=O) groups excluding carboxylic acids is 2. The highest BCUT2D eigenvalue weighted by Crippen LogP contribution is 2.36. The number of alkyl halides is 1. The van der Waals surface area contributed by atoms with Crippen molar-refractivity contribution in [3.63, 3.8) is 0 Å². The molecule has 0 unspecified atom stereocenters. The number of esters is 1. The van der Waals surface area contributed by atoms with Crippen LogP contribution in [0.5, 0.6) is 0 Å². The molecule has 1 aromatic heterocycles. The molecule has 1 amide bonds. The maximum absolute atomic E-state index is 12.4. The Morgan fingerprint density at radius 3 is 2.46 bits per heavy atom. The summed E-state index contributed by atoms with van der Waals surface area (Å²) in [4.78, 5) is 24.0. The lowest BCUT2D eigenvalue weighted by Gasteiger charge is -2.09. The zero-order valence-electron chi connectivity index (χ0n) is 13.9. The van der Waals surface area contributed by atoms with Crippen molar-refractivity contribution >= 4 is 39.8 Å². The van der Waals surface area contributed by atoms with E-state index in [2.05, 4.69) is 19.2 Å². The molecule has 0 bridgehead atoms. The number of benzene rings is 1. The Bertz CT molecular complexity index is 722. The number of anilines is 1. The van der Waals surface area contributed by atoms with E-state index in [4.69, 9.17) is 16.3 Å². The van der Waals surface area contributed by atoms with Crippen LogP contribution in [0.3, 0.4) is 0 Å². The second-order valence-corrected chi connectivity index (χ2v) is 6.68. The average Bonchev–Trinajstić information content (AvgIpc) is 2.98. The van der Waals surface area contributed by atoms with Gasteiger partial charge in [0, 0.05) is 10.9 Å². The van der Waals surface area contributed by atoms with Crippen LogP contribution in [0.4, 0.5) is 5.00 Å². The predicted octanol–water partition coefficient (Wildman–Crippen LogP) is 4.89. The molecule has 0 radical (unpaired) electrons. The van der Waals surface area contributed by atoms with Crippen LogP contribution in [0.2, 0.25) is 0 Å². The van der Waals surface area contributed by atoms with E-state index in [1.54, 1.807) is 6.92 Å². The number of hydrogen-bond donors (Lipinski definition) is 1. The van der Waals surface area contributed by atoms with Gasteiger partial charge in [-0.1, -0.05) is 38.1 Å². The minimum Gasteiger partial charge on any atom is -0.462 e. The molecule has 0 saturated carbocycles. The monoisotopic (exact) mass is 365 g/mol. The van der Waals surface area contributed by atoms with Crippen LogP contribution in [0, 0.1) is 0 Å². The zero-order valence-corrected chi connectivity index (χ0v) is 15.5. The maximum atomic E-state index is 12.4. The summed E-state index contributed by atoms with van der Waals surface area (Å²) in [6.07, 6.45) is 0. The van der Waals surface area contributed by atoms with Crippen LogP contribution in [0.15, 0.2) is 29.6 Å². The van der Waals surface area contributed by atoms with Crippen LogP contribution in [-0.4, -0.2) is 24.4 Å². The van der Waals surface area contributed by atoms with E-state index in [9.17, 15) is 9.59 Å². The van der Waals surface area contributed by atoms with Gasteiger partial charge in [-0.25, -0.2) is 4.79 Å². The summed E-state index contributed by atoms with van der Waals surface area (Å²) in [5, 5.41) is 4.97. The number of hydrogen-bond acceptors (Lipinski definition) is 4. The molecule has 0 aliphatic carbocycles. The Kier molecular flexibility index (Phi) is 6.40. The molecule has 0 atom stereocenters. The first-order chi connectivity index (χ1) is 11.5. The van der Waals surface area contributed by atoms with Crippen molar-refractivity contribution in [3.8, 4) is 11.1 Å². The molecule has 0 spiro atoms. The number of ether oxygens (including phenoxy) is 1. The van der Waals surface area contributed by atoms with Crippen LogP contribution in [0.25, 0.3) is 11.1 Å². The van der Waals surface area contributed by atoms with Gasteiger partial charge < -0.3 is 10.1 Å². The second-order valence-electron chi connectivity index (χ2n) is 5.53. The SMILES string of the molecule is CCOC(=O)c1c(-c2ccc(C(C)C)cc2)csc1NC(=O)CCl. The van der Waals surface area contributed by atoms with Crippen molar-refractivity contribution in [2.45, 2.75) is 26.7 Å². The minimum absolute atomic E-state index is 0.168. The first-order valence-electron chi connectivity index (χ1n) is 7.72. The molecule has 6 heteroatoms. The van der Waals surface area contributed by atoms with E-state index in [-0.39, 0.29) is 18.4 Å². The van der Waals surface area contributed by atoms with E-state index in [0.29, 0.717) is 16.5 Å². The van der Waals surface area contributed by atoms with Crippen molar-refractivity contribution in [3.05, 3.63) is 40.8 Å². The summed E-state index contributed by atoms with van der Waals surface area (Å²) in [6.45, 7) is 6.27. The van der Waals surface area contributed by atoms with Gasteiger partial charge in [-0.05, 0) is 24.0 Å². The number of amides is 1. The highest BCUT2D eigenvalue weighted by atomic mass is 35.5. The highest BCUT2D eigenvalue weighted by Gasteiger charge is 2.22. The van der Waals surface area contributed by atoms with Gasteiger partial charge in [0.15, 0.2) is 0 Å². The van der Waals surface area contributed by atoms with Crippen LogP contribution in [0.1, 0.15) is 42.6 Å². The van der Waals surface area contributed by atoms with Crippen LogP contribution >= 0.6 is 22.9 Å². The molecule has 128 valence electrons. The van der Waals surface area contributed by atoms with E-state index in [1.807, 2.05) is 29.6 Å². The molecular weight excluding hydrogens is 346 g/mol. The quantitative estimate of drug-likeness (QED) is 0.585. The minimum atomic E-state index is -0.452. The van der Waals surface area contributed by atoms with Gasteiger partial charge in [0.05, 0.1) is 6.61 Å². The normalized spacial score (nSPS) is 10.7. The van der Waals surface area contributed by atoms with Crippen LogP contribution < -0.4 is 5.32 Å². The molecule has 4 nitrogen and oxygen atoms in total. The third-order valence-corrected chi connectivity index (χ3v) is 4.67. The standard InChI is InChI=1S/C18H20ClNO3S/c1-4-23-18(22)16-14(10-24-17(16)20-15(21)9-19)13-7-5-12(6-8-13)11(2)3/h5-8,10-11H,4,9H2,1-3H3,(H,20,21). The number of thiophene rings is 1. The Morgan fingerprint density at radius 2 is 1.92 bits per heavy atom. The van der Waals surface area contributed by atoms with Crippen LogP contribution in [-0.2, 0) is 9.53 Å². The van der Waals surface area contributed by atoms with Gasteiger partial charge in [0.1, 0.15) is 16.4 Å². The first kappa shape index (κ1) is 18.5. The number of nitrogens with one attached hydrogen (secondary N) is 1. The van der Waals surface area contributed by atoms with E-state index in [0.717, 1.165) is 11.1 Å². The van der Waals surface area contributed by atoms with Crippen molar-refractivity contribution in [2.24, 2.45) is 0 Å². The summed E-state index contributed by atoms with van der Waals surface area (Å²) in [7, 11) is 0. The molecule has 2 rings (SSSR count). The molecule has 0 aliphatic rings. The zero-order chi connectivity index (χ0) is 17.7. The summed E-state index contributed by atoms with van der Waals surface area (Å²) < 4.78 is 5.15. The molecule has 0 fully saturated rings. The largest absolute Gasteiger partial charge is 0.462 e. The molecular formula is C18H20ClNO3S. The highest BCUT2D eigenvalue weighted by molar-refractivity contribution is 7.15. The molecule has 1 aromatic carbocycles. The van der Waals surface area contributed by atoms with E-state index in [1.165, 1.54) is 16.9 Å². The summed E-state index contributed by atoms with van der Waals surface area (Å²) in [5.41, 5.74) is 3.25. The third-order valence-electron chi connectivity index (χ3n) is 3.53. The Balaban J connectivity index is 2.45. The van der Waals surface area contributed by atoms with E-state index < -0.39 is 5.97 Å². The topological polar surface area (TPSA) is 55.4 Å². The fraction of sp³-hybridized carbons (Fsp3) is 0.333. The van der Waals surface area contributed by atoms with Gasteiger partial charge in [-0.15, -0.1) is 22.9 Å². The summed E-state index contributed by atoms with van der Waals surface area (Å²) in [5.74, 6) is -0.541. The molecule has 1 N–H and O–H groups in total. The average molecular weight is 366 g/mol. The smallest absolute Gasteiger partial charge is 0.341 e. The van der Waals surface area contributed by atoms with Crippen molar-refractivity contribution in [1.29, 1.82) is 0 Å². The van der Waals surface area contributed by atoms with Gasteiger partial charge in [-0.2, -0.15) is 0 Å². The molecule has 24 heavy (non-hydrogen) atoms.